The lowest BCUT2D eigenvalue weighted by molar-refractivity contribution is -0.120. The normalized spacial score (nSPS) is 33.1. The molecular formula is C11H17N3O. The van der Waals surface area contributed by atoms with Crippen LogP contribution in [0.15, 0.2) is 0 Å². The van der Waals surface area contributed by atoms with E-state index in [0.717, 1.165) is 38.9 Å². The van der Waals surface area contributed by atoms with Gasteiger partial charge in [0.2, 0.25) is 5.91 Å². The van der Waals surface area contributed by atoms with Gasteiger partial charge in [-0.05, 0) is 19.3 Å². The van der Waals surface area contributed by atoms with Gasteiger partial charge in [-0.15, -0.1) is 0 Å². The van der Waals surface area contributed by atoms with Crippen LogP contribution in [-0.2, 0) is 4.79 Å². The zero-order valence-corrected chi connectivity index (χ0v) is 8.91. The zero-order chi connectivity index (χ0) is 10.7. The number of hydrogen-bond donors (Lipinski definition) is 1. The summed E-state index contributed by atoms with van der Waals surface area (Å²) in [6.45, 7) is 2.55. The fraction of sp³-hybridized carbons (Fsp3) is 0.818. The summed E-state index contributed by atoms with van der Waals surface area (Å²) in [7, 11) is 0. The van der Waals surface area contributed by atoms with Crippen LogP contribution >= 0.6 is 0 Å². The molecule has 1 N–H and O–H groups in total. The van der Waals surface area contributed by atoms with Gasteiger partial charge in [0, 0.05) is 38.0 Å². The van der Waals surface area contributed by atoms with Crippen LogP contribution in [0.5, 0.6) is 0 Å². The standard InChI is InChI=1S/C11H17N3O/c12-8-9-1-2-10(7-9)14-5-3-11(15)13-4-6-14/h9-10H,1-7H2,(H,13,15)/t9-,10+/m1/s1. The van der Waals surface area contributed by atoms with Crippen molar-refractivity contribution in [3.05, 3.63) is 0 Å². The smallest absolute Gasteiger partial charge is 0.221 e. The summed E-state index contributed by atoms with van der Waals surface area (Å²) in [5.74, 6) is 0.397. The van der Waals surface area contributed by atoms with Gasteiger partial charge in [0.25, 0.3) is 0 Å². The number of amides is 1. The van der Waals surface area contributed by atoms with Gasteiger partial charge in [-0.1, -0.05) is 0 Å². The molecule has 1 amide bonds. The minimum Gasteiger partial charge on any atom is -0.355 e. The van der Waals surface area contributed by atoms with Crippen LogP contribution in [0.25, 0.3) is 0 Å². The summed E-state index contributed by atoms with van der Waals surface area (Å²) < 4.78 is 0. The third-order valence-electron chi connectivity index (χ3n) is 3.45. The van der Waals surface area contributed by atoms with Crippen molar-refractivity contribution >= 4 is 5.91 Å². The first-order chi connectivity index (χ1) is 7.29. The Morgan fingerprint density at radius 2 is 2.27 bits per heavy atom. The first kappa shape index (κ1) is 10.4. The summed E-state index contributed by atoms with van der Waals surface area (Å²) in [5, 5.41) is 11.7. The molecule has 1 saturated heterocycles. The van der Waals surface area contributed by atoms with Gasteiger partial charge in [-0.25, -0.2) is 0 Å². The van der Waals surface area contributed by atoms with E-state index in [-0.39, 0.29) is 11.8 Å². The molecule has 0 spiro atoms. The highest BCUT2D eigenvalue weighted by Gasteiger charge is 2.29. The van der Waals surface area contributed by atoms with Gasteiger partial charge < -0.3 is 5.32 Å². The molecular weight excluding hydrogens is 190 g/mol. The second kappa shape index (κ2) is 4.63. The zero-order valence-electron chi connectivity index (χ0n) is 8.91. The van der Waals surface area contributed by atoms with E-state index < -0.39 is 0 Å². The minimum absolute atomic E-state index is 0.160. The van der Waals surface area contributed by atoms with Crippen molar-refractivity contribution in [2.75, 3.05) is 19.6 Å². The summed E-state index contributed by atoms with van der Waals surface area (Å²) >= 11 is 0. The van der Waals surface area contributed by atoms with Gasteiger partial charge >= 0.3 is 0 Å². The van der Waals surface area contributed by atoms with Crippen molar-refractivity contribution in [1.82, 2.24) is 10.2 Å². The molecule has 1 saturated carbocycles. The molecule has 2 fully saturated rings. The van der Waals surface area contributed by atoms with Crippen molar-refractivity contribution < 1.29 is 4.79 Å². The molecule has 0 aromatic carbocycles. The lowest BCUT2D eigenvalue weighted by atomic mass is 10.1. The Hall–Kier alpha value is -1.08. The number of nitriles is 1. The Morgan fingerprint density at radius 3 is 3.00 bits per heavy atom. The average molecular weight is 207 g/mol. The van der Waals surface area contributed by atoms with E-state index in [1.165, 1.54) is 0 Å². The minimum atomic E-state index is 0.160. The van der Waals surface area contributed by atoms with E-state index in [1.54, 1.807) is 0 Å². The highest BCUT2D eigenvalue weighted by Crippen LogP contribution is 2.28. The Morgan fingerprint density at radius 1 is 1.40 bits per heavy atom. The van der Waals surface area contributed by atoms with E-state index in [0.29, 0.717) is 12.5 Å². The molecule has 0 aromatic rings. The lowest BCUT2D eigenvalue weighted by Gasteiger charge is -2.26. The Kier molecular flexibility index (Phi) is 3.22. The van der Waals surface area contributed by atoms with E-state index in [1.807, 2.05) is 0 Å². The molecule has 82 valence electrons. The van der Waals surface area contributed by atoms with Crippen molar-refractivity contribution in [2.45, 2.75) is 31.7 Å². The largest absolute Gasteiger partial charge is 0.355 e. The van der Waals surface area contributed by atoms with Crippen LogP contribution < -0.4 is 5.32 Å². The van der Waals surface area contributed by atoms with Crippen molar-refractivity contribution in [3.8, 4) is 6.07 Å². The fourth-order valence-electron chi connectivity index (χ4n) is 2.56. The maximum absolute atomic E-state index is 11.2. The maximum Gasteiger partial charge on any atom is 0.221 e. The van der Waals surface area contributed by atoms with Gasteiger partial charge in [0.1, 0.15) is 0 Å². The van der Waals surface area contributed by atoms with Crippen molar-refractivity contribution in [1.29, 1.82) is 5.26 Å². The Bertz CT molecular complexity index is 284. The number of rotatable bonds is 1. The molecule has 1 aliphatic heterocycles. The monoisotopic (exact) mass is 207 g/mol. The molecule has 2 aliphatic rings. The van der Waals surface area contributed by atoms with E-state index in [2.05, 4.69) is 16.3 Å². The second-order valence-corrected chi connectivity index (χ2v) is 4.43. The highest BCUT2D eigenvalue weighted by molar-refractivity contribution is 5.76. The number of nitrogens with one attached hydrogen (secondary N) is 1. The van der Waals surface area contributed by atoms with Gasteiger partial charge in [0.15, 0.2) is 0 Å². The third-order valence-corrected chi connectivity index (χ3v) is 3.45. The van der Waals surface area contributed by atoms with E-state index >= 15 is 0 Å². The summed E-state index contributed by atoms with van der Waals surface area (Å²) in [6.07, 6.45) is 3.74. The molecule has 1 aliphatic carbocycles. The van der Waals surface area contributed by atoms with Crippen LogP contribution in [0.2, 0.25) is 0 Å². The van der Waals surface area contributed by atoms with Crippen LogP contribution in [0.1, 0.15) is 25.7 Å². The fourth-order valence-corrected chi connectivity index (χ4v) is 2.56. The number of hydrogen-bond acceptors (Lipinski definition) is 3. The Balaban J connectivity index is 1.88. The number of carbonyl (C=O) groups excluding carboxylic acids is 1. The van der Waals surface area contributed by atoms with Crippen LogP contribution in [-0.4, -0.2) is 36.5 Å². The van der Waals surface area contributed by atoms with E-state index in [4.69, 9.17) is 5.26 Å². The van der Waals surface area contributed by atoms with Crippen molar-refractivity contribution in [3.63, 3.8) is 0 Å². The molecule has 0 unspecified atom stereocenters. The van der Waals surface area contributed by atoms with Crippen LogP contribution in [0, 0.1) is 17.2 Å². The molecule has 0 radical (unpaired) electrons. The number of carbonyl (C=O) groups is 1. The number of nitrogens with zero attached hydrogens (tertiary/aromatic N) is 2. The van der Waals surface area contributed by atoms with Gasteiger partial charge in [-0.2, -0.15) is 5.26 Å². The quantitative estimate of drug-likeness (QED) is 0.681. The van der Waals surface area contributed by atoms with E-state index in [9.17, 15) is 4.79 Å². The maximum atomic E-state index is 11.2. The molecule has 0 bridgehead atoms. The molecule has 2 rings (SSSR count). The molecule has 1 heterocycles. The predicted octanol–water partition coefficient (Wildman–Crippen LogP) is 0.501. The molecule has 0 aromatic heterocycles. The summed E-state index contributed by atoms with van der Waals surface area (Å²) in [5.41, 5.74) is 0. The summed E-state index contributed by atoms with van der Waals surface area (Å²) in [4.78, 5) is 13.5. The van der Waals surface area contributed by atoms with Crippen LogP contribution in [0.4, 0.5) is 0 Å². The SMILES string of the molecule is N#C[C@@H]1CC[C@H](N2CCNC(=O)CC2)C1. The first-order valence-corrected chi connectivity index (χ1v) is 5.70. The Labute approximate surface area is 90.2 Å². The van der Waals surface area contributed by atoms with Crippen molar-refractivity contribution in [2.24, 2.45) is 5.92 Å². The first-order valence-electron chi connectivity index (χ1n) is 5.70. The van der Waals surface area contributed by atoms with Gasteiger partial charge in [0.05, 0.1) is 6.07 Å². The molecule has 15 heavy (non-hydrogen) atoms. The third kappa shape index (κ3) is 2.48. The molecule has 4 heteroatoms. The van der Waals surface area contributed by atoms with Crippen LogP contribution in [0.3, 0.4) is 0 Å². The van der Waals surface area contributed by atoms with Gasteiger partial charge in [-0.3, -0.25) is 9.69 Å². The topological polar surface area (TPSA) is 56.1 Å². The highest BCUT2D eigenvalue weighted by atomic mass is 16.1. The average Bonchev–Trinajstić information content (AvgIpc) is 2.62. The lowest BCUT2D eigenvalue weighted by Crippen LogP contribution is -2.36. The molecule has 4 nitrogen and oxygen atoms in total. The molecule has 2 atom stereocenters. The predicted molar refractivity (Wildman–Crippen MR) is 55.9 cm³/mol. The summed E-state index contributed by atoms with van der Waals surface area (Å²) in [6, 6.07) is 2.88. The second-order valence-electron chi connectivity index (χ2n) is 4.43.